The number of nitrogens with one attached hydrogen (secondary N) is 2. The normalized spacial score (nSPS) is 18.6. The quantitative estimate of drug-likeness (QED) is 0.749. The van der Waals surface area contributed by atoms with Crippen molar-refractivity contribution in [3.8, 4) is 11.5 Å². The van der Waals surface area contributed by atoms with Gasteiger partial charge >= 0.3 is 0 Å². The molecule has 1 aliphatic heterocycles. The molecule has 0 unspecified atom stereocenters. The molecule has 1 saturated carbocycles. The highest BCUT2D eigenvalue weighted by atomic mass is 16.5. The third-order valence-corrected chi connectivity index (χ3v) is 5.69. The van der Waals surface area contributed by atoms with E-state index in [4.69, 9.17) is 9.47 Å². The molecule has 2 amide bonds. The minimum atomic E-state index is -0.0684. The fourth-order valence-corrected chi connectivity index (χ4v) is 4.06. The largest absolute Gasteiger partial charge is 0.493 e. The smallest absolute Gasteiger partial charge is 0.238 e. The second kappa shape index (κ2) is 9.78. The second-order valence-corrected chi connectivity index (χ2v) is 7.66. The van der Waals surface area contributed by atoms with Gasteiger partial charge in [-0.15, -0.1) is 0 Å². The Hall–Kier alpha value is -2.28. The van der Waals surface area contributed by atoms with Gasteiger partial charge in [-0.05, 0) is 50.9 Å². The average Bonchev–Trinajstić information content (AvgIpc) is 3.21. The molecular formula is C21H31N3O4. The summed E-state index contributed by atoms with van der Waals surface area (Å²) in [5, 5.41) is 6.10. The maximum Gasteiger partial charge on any atom is 0.238 e. The summed E-state index contributed by atoms with van der Waals surface area (Å²) in [5.74, 6) is 1.40. The van der Waals surface area contributed by atoms with E-state index < -0.39 is 0 Å². The van der Waals surface area contributed by atoms with Gasteiger partial charge in [0.1, 0.15) is 0 Å². The Morgan fingerprint density at radius 1 is 1.04 bits per heavy atom. The Balaban J connectivity index is 1.42. The van der Waals surface area contributed by atoms with E-state index in [1.165, 1.54) is 12.8 Å². The van der Waals surface area contributed by atoms with Gasteiger partial charge in [-0.25, -0.2) is 0 Å². The van der Waals surface area contributed by atoms with Gasteiger partial charge in [0.2, 0.25) is 11.8 Å². The van der Waals surface area contributed by atoms with Gasteiger partial charge in [-0.1, -0.05) is 12.8 Å². The summed E-state index contributed by atoms with van der Waals surface area (Å²) in [5.41, 5.74) is 0.675. The van der Waals surface area contributed by atoms with Gasteiger partial charge in [0, 0.05) is 23.7 Å². The molecule has 1 saturated heterocycles. The van der Waals surface area contributed by atoms with E-state index in [1.54, 1.807) is 32.4 Å². The number of benzene rings is 1. The first-order valence-electron chi connectivity index (χ1n) is 10.1. The fourth-order valence-electron chi connectivity index (χ4n) is 4.06. The van der Waals surface area contributed by atoms with Gasteiger partial charge in [-0.2, -0.15) is 0 Å². The first-order valence-corrected chi connectivity index (χ1v) is 10.1. The molecule has 2 aliphatic rings. The van der Waals surface area contributed by atoms with Gasteiger partial charge in [-0.3, -0.25) is 14.5 Å². The summed E-state index contributed by atoms with van der Waals surface area (Å²) in [6, 6.07) is 5.68. The van der Waals surface area contributed by atoms with Crippen LogP contribution in [-0.4, -0.2) is 56.6 Å². The summed E-state index contributed by atoms with van der Waals surface area (Å²) in [6.07, 6.45) is 6.28. The van der Waals surface area contributed by atoms with Crippen molar-refractivity contribution in [1.82, 2.24) is 10.2 Å². The molecule has 0 radical (unpaired) electrons. The van der Waals surface area contributed by atoms with Crippen LogP contribution >= 0.6 is 0 Å². The Kier molecular flexibility index (Phi) is 7.14. The molecule has 1 aliphatic carbocycles. The molecule has 1 aromatic rings. The van der Waals surface area contributed by atoms with Gasteiger partial charge in [0.25, 0.3) is 0 Å². The van der Waals surface area contributed by atoms with Crippen LogP contribution in [0.4, 0.5) is 5.69 Å². The lowest BCUT2D eigenvalue weighted by molar-refractivity contribution is -0.127. The molecule has 1 aromatic carbocycles. The Morgan fingerprint density at radius 3 is 2.36 bits per heavy atom. The molecule has 2 fully saturated rings. The van der Waals surface area contributed by atoms with Crippen molar-refractivity contribution in [1.29, 1.82) is 0 Å². The van der Waals surface area contributed by atoms with Crippen LogP contribution in [0.25, 0.3) is 0 Å². The number of carbonyl (C=O) groups is 2. The molecule has 28 heavy (non-hydrogen) atoms. The molecule has 1 heterocycles. The minimum Gasteiger partial charge on any atom is -0.493 e. The zero-order valence-corrected chi connectivity index (χ0v) is 16.8. The van der Waals surface area contributed by atoms with Crippen molar-refractivity contribution in [3.05, 3.63) is 18.2 Å². The minimum absolute atomic E-state index is 0.0684. The maximum atomic E-state index is 12.4. The summed E-state index contributed by atoms with van der Waals surface area (Å²) in [4.78, 5) is 26.9. The van der Waals surface area contributed by atoms with E-state index in [-0.39, 0.29) is 17.7 Å². The van der Waals surface area contributed by atoms with Crippen molar-refractivity contribution in [2.45, 2.75) is 44.6 Å². The number of likely N-dealkylation sites (tertiary alicyclic amines) is 1. The number of carbonyl (C=O) groups excluding carboxylic acids is 2. The first-order chi connectivity index (χ1) is 13.6. The van der Waals surface area contributed by atoms with Gasteiger partial charge < -0.3 is 20.1 Å². The van der Waals surface area contributed by atoms with Crippen molar-refractivity contribution < 1.29 is 19.1 Å². The van der Waals surface area contributed by atoms with Crippen molar-refractivity contribution in [3.63, 3.8) is 0 Å². The average molecular weight is 389 g/mol. The van der Waals surface area contributed by atoms with Crippen LogP contribution < -0.4 is 20.1 Å². The number of nitrogens with zero attached hydrogens (tertiary/aromatic N) is 1. The second-order valence-electron chi connectivity index (χ2n) is 7.66. The monoisotopic (exact) mass is 389 g/mol. The van der Waals surface area contributed by atoms with Crippen molar-refractivity contribution in [2.24, 2.45) is 5.92 Å². The van der Waals surface area contributed by atoms with E-state index in [0.717, 1.165) is 38.8 Å². The zero-order chi connectivity index (χ0) is 19.9. The van der Waals surface area contributed by atoms with Crippen molar-refractivity contribution >= 4 is 17.5 Å². The Morgan fingerprint density at radius 2 is 1.71 bits per heavy atom. The first kappa shape index (κ1) is 20.5. The third kappa shape index (κ3) is 5.38. The van der Waals surface area contributed by atoms with Crippen LogP contribution in [0, 0.1) is 5.92 Å². The van der Waals surface area contributed by atoms with Gasteiger partial charge in [0.15, 0.2) is 11.5 Å². The molecule has 7 nitrogen and oxygen atoms in total. The molecular weight excluding hydrogens is 358 g/mol. The summed E-state index contributed by atoms with van der Waals surface area (Å²) in [7, 11) is 3.14. The van der Waals surface area contributed by atoms with Crippen molar-refractivity contribution in [2.75, 3.05) is 39.2 Å². The molecule has 0 atom stereocenters. The number of hydrogen-bond donors (Lipinski definition) is 2. The predicted octanol–water partition coefficient (Wildman–Crippen LogP) is 2.41. The lowest BCUT2D eigenvalue weighted by Crippen LogP contribution is -2.44. The SMILES string of the molecule is COc1ccc(NC(=O)CN2CCC(C(=O)NC3CCCC3)CC2)cc1OC. The summed E-state index contributed by atoms with van der Waals surface area (Å²) < 4.78 is 10.5. The zero-order valence-electron chi connectivity index (χ0n) is 16.8. The highest BCUT2D eigenvalue weighted by Gasteiger charge is 2.28. The molecule has 0 bridgehead atoms. The van der Waals surface area contributed by atoms with Crippen LogP contribution in [0.5, 0.6) is 11.5 Å². The number of amides is 2. The van der Waals surface area contributed by atoms with E-state index in [9.17, 15) is 9.59 Å². The molecule has 3 rings (SSSR count). The van der Waals surface area contributed by atoms with Crippen LogP contribution in [0.3, 0.4) is 0 Å². The fraction of sp³-hybridized carbons (Fsp3) is 0.619. The summed E-state index contributed by atoms with van der Waals surface area (Å²) in [6.45, 7) is 1.86. The van der Waals surface area contributed by atoms with E-state index in [0.29, 0.717) is 29.8 Å². The van der Waals surface area contributed by atoms with E-state index >= 15 is 0 Å². The number of anilines is 1. The van der Waals surface area contributed by atoms with E-state index in [2.05, 4.69) is 15.5 Å². The lowest BCUT2D eigenvalue weighted by Gasteiger charge is -2.31. The molecule has 2 N–H and O–H groups in total. The van der Waals surface area contributed by atoms with E-state index in [1.807, 2.05) is 0 Å². The topological polar surface area (TPSA) is 79.9 Å². The highest BCUT2D eigenvalue weighted by molar-refractivity contribution is 5.92. The summed E-state index contributed by atoms with van der Waals surface area (Å²) >= 11 is 0. The van der Waals surface area contributed by atoms with Crippen LogP contribution in [0.1, 0.15) is 38.5 Å². The number of piperidine rings is 1. The standard InChI is InChI=1S/C21H31N3O4/c1-27-18-8-7-17(13-19(18)28-2)22-20(25)14-24-11-9-15(10-12-24)21(26)23-16-5-3-4-6-16/h7-8,13,15-16H,3-6,9-12,14H2,1-2H3,(H,22,25)(H,23,26). The Bertz CT molecular complexity index is 680. The number of rotatable bonds is 7. The third-order valence-electron chi connectivity index (χ3n) is 5.69. The lowest BCUT2D eigenvalue weighted by atomic mass is 9.95. The number of hydrogen-bond acceptors (Lipinski definition) is 5. The number of methoxy groups -OCH3 is 2. The molecule has 0 aromatic heterocycles. The molecule has 7 heteroatoms. The van der Waals surface area contributed by atoms with Crippen LogP contribution in [-0.2, 0) is 9.59 Å². The van der Waals surface area contributed by atoms with Crippen LogP contribution in [0.2, 0.25) is 0 Å². The predicted molar refractivity (Wildman–Crippen MR) is 108 cm³/mol. The molecule has 0 spiro atoms. The molecule has 154 valence electrons. The highest BCUT2D eigenvalue weighted by Crippen LogP contribution is 2.29. The number of ether oxygens (including phenoxy) is 2. The Labute approximate surface area is 166 Å². The van der Waals surface area contributed by atoms with Crippen LogP contribution in [0.15, 0.2) is 18.2 Å². The maximum absolute atomic E-state index is 12.4. The van der Waals surface area contributed by atoms with Gasteiger partial charge in [0.05, 0.1) is 20.8 Å².